The summed E-state index contributed by atoms with van der Waals surface area (Å²) in [7, 11) is 3.06. The number of carboxylic acid groups (broad SMARTS) is 1. The molecule has 16 heavy (non-hydrogen) atoms. The predicted molar refractivity (Wildman–Crippen MR) is 63.9 cm³/mol. The van der Waals surface area contributed by atoms with Crippen LogP contribution in [0.4, 0.5) is 0 Å². The molecule has 0 heterocycles. The van der Waals surface area contributed by atoms with E-state index in [1.54, 1.807) is 12.1 Å². The van der Waals surface area contributed by atoms with Crippen molar-refractivity contribution in [2.24, 2.45) is 0 Å². The van der Waals surface area contributed by atoms with Crippen molar-refractivity contribution in [2.75, 3.05) is 14.2 Å². The van der Waals surface area contributed by atoms with Gasteiger partial charge in [0.05, 0.1) is 18.7 Å². The van der Waals surface area contributed by atoms with Crippen LogP contribution >= 0.6 is 15.9 Å². The Hall–Kier alpha value is -1.49. The first-order valence-electron chi connectivity index (χ1n) is 4.41. The zero-order valence-electron chi connectivity index (χ0n) is 8.86. The van der Waals surface area contributed by atoms with Gasteiger partial charge in [-0.3, -0.25) is 0 Å². The lowest BCUT2D eigenvalue weighted by Crippen LogP contribution is -1.92. The lowest BCUT2D eigenvalue weighted by molar-refractivity contribution is -0.131. The summed E-state index contributed by atoms with van der Waals surface area (Å²) in [6.45, 7) is 0. The number of ether oxygens (including phenoxy) is 2. The van der Waals surface area contributed by atoms with Crippen LogP contribution in [-0.2, 0) is 4.79 Å². The first-order chi connectivity index (χ1) is 7.58. The Morgan fingerprint density at radius 2 is 2.06 bits per heavy atom. The van der Waals surface area contributed by atoms with Crippen LogP contribution in [0.25, 0.3) is 6.08 Å². The average Bonchev–Trinajstić information content (AvgIpc) is 2.25. The number of methoxy groups -OCH3 is 2. The molecule has 0 atom stereocenters. The third-order valence-electron chi connectivity index (χ3n) is 1.87. The van der Waals surface area contributed by atoms with Crippen LogP contribution in [0.2, 0.25) is 0 Å². The standard InChI is InChI=1S/C11H11BrO4/c1-15-9-6-7(3-4-10(13)14)5-8(12)11(9)16-2/h3-6H,1-2H3,(H,13,14). The molecule has 0 unspecified atom stereocenters. The van der Waals surface area contributed by atoms with Crippen LogP contribution in [0.5, 0.6) is 11.5 Å². The number of carboxylic acids is 1. The number of aliphatic carboxylic acids is 1. The highest BCUT2D eigenvalue weighted by Gasteiger charge is 2.09. The van der Waals surface area contributed by atoms with E-state index < -0.39 is 5.97 Å². The third-order valence-corrected chi connectivity index (χ3v) is 2.46. The molecule has 0 saturated carbocycles. The molecule has 1 aromatic carbocycles. The van der Waals surface area contributed by atoms with E-state index in [9.17, 15) is 4.79 Å². The van der Waals surface area contributed by atoms with Crippen molar-refractivity contribution in [3.8, 4) is 11.5 Å². The fourth-order valence-corrected chi connectivity index (χ4v) is 1.82. The Morgan fingerprint density at radius 3 is 2.56 bits per heavy atom. The minimum atomic E-state index is -0.995. The molecule has 4 nitrogen and oxygen atoms in total. The van der Waals surface area contributed by atoms with E-state index in [0.717, 1.165) is 6.08 Å². The zero-order chi connectivity index (χ0) is 12.1. The lowest BCUT2D eigenvalue weighted by atomic mass is 10.2. The minimum Gasteiger partial charge on any atom is -0.493 e. The van der Waals surface area contributed by atoms with Crippen LogP contribution in [0, 0.1) is 0 Å². The van der Waals surface area contributed by atoms with E-state index in [1.807, 2.05) is 0 Å². The Balaban J connectivity index is 3.15. The Labute approximate surface area is 102 Å². The molecule has 1 rings (SSSR count). The second-order valence-electron chi connectivity index (χ2n) is 2.91. The van der Waals surface area contributed by atoms with Crippen LogP contribution < -0.4 is 9.47 Å². The zero-order valence-corrected chi connectivity index (χ0v) is 10.4. The summed E-state index contributed by atoms with van der Waals surface area (Å²) in [6.07, 6.45) is 2.54. The van der Waals surface area contributed by atoms with Gasteiger partial charge >= 0.3 is 5.97 Å². The number of hydrogen-bond acceptors (Lipinski definition) is 3. The molecule has 0 spiro atoms. The molecule has 0 saturated heterocycles. The molecule has 0 aromatic heterocycles. The van der Waals surface area contributed by atoms with Crippen molar-refractivity contribution in [1.82, 2.24) is 0 Å². The number of benzene rings is 1. The molecule has 1 aromatic rings. The van der Waals surface area contributed by atoms with E-state index in [-0.39, 0.29) is 0 Å². The van der Waals surface area contributed by atoms with E-state index in [4.69, 9.17) is 14.6 Å². The van der Waals surface area contributed by atoms with Crippen molar-refractivity contribution in [2.45, 2.75) is 0 Å². The first-order valence-corrected chi connectivity index (χ1v) is 5.20. The highest BCUT2D eigenvalue weighted by molar-refractivity contribution is 9.10. The summed E-state index contributed by atoms with van der Waals surface area (Å²) < 4.78 is 11.0. The molecule has 0 aliphatic rings. The van der Waals surface area contributed by atoms with Gasteiger partial charge in [0.25, 0.3) is 0 Å². The van der Waals surface area contributed by atoms with E-state index >= 15 is 0 Å². The molecule has 0 aliphatic heterocycles. The summed E-state index contributed by atoms with van der Waals surface area (Å²) in [5.74, 6) is 0.128. The van der Waals surface area contributed by atoms with Gasteiger partial charge in [0.1, 0.15) is 0 Å². The lowest BCUT2D eigenvalue weighted by Gasteiger charge is -2.10. The van der Waals surface area contributed by atoms with Gasteiger partial charge in [-0.1, -0.05) is 0 Å². The van der Waals surface area contributed by atoms with Crippen molar-refractivity contribution >= 4 is 28.0 Å². The van der Waals surface area contributed by atoms with Gasteiger partial charge in [-0.2, -0.15) is 0 Å². The average molecular weight is 287 g/mol. The van der Waals surface area contributed by atoms with Crippen molar-refractivity contribution in [1.29, 1.82) is 0 Å². The molecule has 0 amide bonds. The van der Waals surface area contributed by atoms with Gasteiger partial charge in [0, 0.05) is 6.08 Å². The summed E-state index contributed by atoms with van der Waals surface area (Å²) in [6, 6.07) is 3.45. The van der Waals surface area contributed by atoms with Crippen molar-refractivity contribution < 1.29 is 19.4 Å². The van der Waals surface area contributed by atoms with Crippen molar-refractivity contribution in [3.05, 3.63) is 28.2 Å². The number of rotatable bonds is 4. The third kappa shape index (κ3) is 3.00. The largest absolute Gasteiger partial charge is 0.493 e. The van der Waals surface area contributed by atoms with Crippen LogP contribution in [0.1, 0.15) is 5.56 Å². The molecule has 0 bridgehead atoms. The quantitative estimate of drug-likeness (QED) is 0.865. The molecule has 0 aliphatic carbocycles. The highest BCUT2D eigenvalue weighted by Crippen LogP contribution is 2.36. The topological polar surface area (TPSA) is 55.8 Å². The minimum absolute atomic E-state index is 0.543. The number of halogens is 1. The Bertz CT molecular complexity index is 426. The Kier molecular flexibility index (Phi) is 4.37. The van der Waals surface area contributed by atoms with Crippen molar-refractivity contribution in [3.63, 3.8) is 0 Å². The van der Waals surface area contributed by atoms with E-state index in [2.05, 4.69) is 15.9 Å². The second-order valence-corrected chi connectivity index (χ2v) is 3.76. The fourth-order valence-electron chi connectivity index (χ4n) is 1.20. The fraction of sp³-hybridized carbons (Fsp3) is 0.182. The molecule has 86 valence electrons. The van der Waals surface area contributed by atoms with Gasteiger partial charge < -0.3 is 14.6 Å². The summed E-state index contributed by atoms with van der Waals surface area (Å²) in [4.78, 5) is 10.4. The molecular formula is C11H11BrO4. The van der Waals surface area contributed by atoms with Gasteiger partial charge in [0.15, 0.2) is 11.5 Å². The molecule has 5 heteroatoms. The molecule has 0 fully saturated rings. The summed E-state index contributed by atoms with van der Waals surface area (Å²) in [5.41, 5.74) is 0.715. The second kappa shape index (κ2) is 5.55. The predicted octanol–water partition coefficient (Wildman–Crippen LogP) is 2.56. The molecular weight excluding hydrogens is 276 g/mol. The van der Waals surface area contributed by atoms with Gasteiger partial charge in [-0.05, 0) is 39.7 Å². The number of hydrogen-bond donors (Lipinski definition) is 1. The van der Waals surface area contributed by atoms with Gasteiger partial charge in [0.2, 0.25) is 0 Å². The monoisotopic (exact) mass is 286 g/mol. The number of carbonyl (C=O) groups is 1. The molecule has 0 radical (unpaired) electrons. The maximum absolute atomic E-state index is 10.4. The SMILES string of the molecule is COc1cc(C=CC(=O)O)cc(Br)c1OC. The Morgan fingerprint density at radius 1 is 1.38 bits per heavy atom. The highest BCUT2D eigenvalue weighted by atomic mass is 79.9. The maximum atomic E-state index is 10.4. The smallest absolute Gasteiger partial charge is 0.328 e. The normalized spacial score (nSPS) is 10.4. The van der Waals surface area contributed by atoms with E-state index in [1.165, 1.54) is 20.3 Å². The molecule has 1 N–H and O–H groups in total. The van der Waals surface area contributed by atoms with Crippen LogP contribution in [0.15, 0.2) is 22.7 Å². The van der Waals surface area contributed by atoms with Crippen LogP contribution in [0.3, 0.4) is 0 Å². The van der Waals surface area contributed by atoms with Gasteiger partial charge in [-0.25, -0.2) is 4.79 Å². The van der Waals surface area contributed by atoms with E-state index in [0.29, 0.717) is 21.5 Å². The summed E-state index contributed by atoms with van der Waals surface area (Å²) in [5, 5.41) is 8.52. The first kappa shape index (κ1) is 12.6. The maximum Gasteiger partial charge on any atom is 0.328 e. The summed E-state index contributed by atoms with van der Waals surface area (Å²) >= 11 is 3.32. The van der Waals surface area contributed by atoms with Crippen LogP contribution in [-0.4, -0.2) is 25.3 Å². The van der Waals surface area contributed by atoms with Gasteiger partial charge in [-0.15, -0.1) is 0 Å².